The number of aryl methyl sites for hydroxylation is 2. The lowest BCUT2D eigenvalue weighted by molar-refractivity contribution is -0.119. The van der Waals surface area contributed by atoms with Gasteiger partial charge in [0.25, 0.3) is 0 Å². The lowest BCUT2D eigenvalue weighted by atomic mass is 9.77. The Morgan fingerprint density at radius 1 is 1.00 bits per heavy atom. The molecule has 4 rings (SSSR count). The van der Waals surface area contributed by atoms with Crippen LogP contribution in [0, 0.1) is 13.8 Å². The van der Waals surface area contributed by atoms with Crippen LogP contribution in [0.3, 0.4) is 0 Å². The number of nitrogens with zero attached hydrogens (tertiary/aromatic N) is 1. The summed E-state index contributed by atoms with van der Waals surface area (Å²) in [6.07, 6.45) is 2.37. The molecular weight excluding hydrogens is 358 g/mol. The topological polar surface area (TPSA) is 37.4 Å². The van der Waals surface area contributed by atoms with Gasteiger partial charge < -0.3 is 0 Å². The van der Waals surface area contributed by atoms with Crippen LogP contribution in [0.25, 0.3) is 0 Å². The predicted octanol–water partition coefficient (Wildman–Crippen LogP) is 5.48. The molecule has 0 saturated carbocycles. The first-order valence-corrected chi connectivity index (χ1v) is 9.75. The molecular formula is C23H22ClNO2. The molecule has 1 aliphatic carbocycles. The van der Waals surface area contributed by atoms with Gasteiger partial charge in [-0.25, -0.2) is 0 Å². The monoisotopic (exact) mass is 379 g/mol. The van der Waals surface area contributed by atoms with Gasteiger partial charge in [-0.1, -0.05) is 29.8 Å². The van der Waals surface area contributed by atoms with E-state index in [1.54, 1.807) is 4.90 Å². The average molecular weight is 380 g/mol. The number of hydrogen-bond acceptors (Lipinski definition) is 2. The molecule has 138 valence electrons. The second-order valence-electron chi connectivity index (χ2n) is 7.52. The van der Waals surface area contributed by atoms with E-state index in [2.05, 4.69) is 6.07 Å². The zero-order valence-electron chi connectivity index (χ0n) is 15.6. The van der Waals surface area contributed by atoms with Crippen LogP contribution in [0.1, 0.15) is 48.3 Å². The number of anilines is 1. The van der Waals surface area contributed by atoms with Crippen LogP contribution in [-0.2, 0) is 9.59 Å². The first kappa shape index (κ1) is 18.0. The van der Waals surface area contributed by atoms with E-state index in [-0.39, 0.29) is 24.0 Å². The number of allylic oxidation sites excluding steroid dienone is 2. The standard InChI is InChI=1S/C23H22ClNO2/c1-14-9-15(2)11-18(10-14)25-20-7-4-8-21(26)23(20)19(13-22(25)27)16-5-3-6-17(24)12-16/h3,5-6,9-12,19H,4,7-8,13H2,1-2H3. The fraction of sp³-hybridized carbons (Fsp3) is 0.304. The second kappa shape index (κ2) is 6.97. The van der Waals surface area contributed by atoms with Gasteiger partial charge >= 0.3 is 0 Å². The summed E-state index contributed by atoms with van der Waals surface area (Å²) in [6.45, 7) is 4.06. The summed E-state index contributed by atoms with van der Waals surface area (Å²) in [7, 11) is 0. The molecule has 1 amide bonds. The highest BCUT2D eigenvalue weighted by Crippen LogP contribution is 2.43. The Bertz CT molecular complexity index is 956. The van der Waals surface area contributed by atoms with Crippen LogP contribution in [-0.4, -0.2) is 11.7 Å². The molecule has 1 aliphatic heterocycles. The van der Waals surface area contributed by atoms with Crippen LogP contribution >= 0.6 is 11.6 Å². The predicted molar refractivity (Wildman–Crippen MR) is 108 cm³/mol. The first-order chi connectivity index (χ1) is 12.9. The maximum atomic E-state index is 13.2. The quantitative estimate of drug-likeness (QED) is 0.692. The Labute approximate surface area is 164 Å². The van der Waals surface area contributed by atoms with E-state index in [9.17, 15) is 9.59 Å². The number of carbonyl (C=O) groups excluding carboxylic acids is 2. The fourth-order valence-electron chi connectivity index (χ4n) is 4.38. The molecule has 0 spiro atoms. The lowest BCUT2D eigenvalue weighted by Gasteiger charge is -2.38. The number of Topliss-reactive ketones (excluding diaryl/α,β-unsaturated/α-hetero) is 1. The van der Waals surface area contributed by atoms with Crippen molar-refractivity contribution in [1.29, 1.82) is 0 Å². The van der Waals surface area contributed by atoms with Crippen molar-refractivity contribution in [2.75, 3.05) is 4.90 Å². The summed E-state index contributed by atoms with van der Waals surface area (Å²) in [5, 5.41) is 0.627. The van der Waals surface area contributed by atoms with Crippen molar-refractivity contribution >= 4 is 29.0 Å². The highest BCUT2D eigenvalue weighted by atomic mass is 35.5. The van der Waals surface area contributed by atoms with Crippen molar-refractivity contribution in [3.63, 3.8) is 0 Å². The maximum absolute atomic E-state index is 13.2. The summed E-state index contributed by atoms with van der Waals surface area (Å²) in [4.78, 5) is 27.9. The molecule has 0 saturated heterocycles. The Morgan fingerprint density at radius 2 is 1.74 bits per heavy atom. The van der Waals surface area contributed by atoms with Crippen molar-refractivity contribution < 1.29 is 9.59 Å². The molecule has 1 heterocycles. The van der Waals surface area contributed by atoms with Crippen LogP contribution < -0.4 is 4.90 Å². The number of ketones is 1. The van der Waals surface area contributed by atoms with Gasteiger partial charge in [-0.3, -0.25) is 14.5 Å². The van der Waals surface area contributed by atoms with Crippen LogP contribution in [0.15, 0.2) is 53.7 Å². The van der Waals surface area contributed by atoms with Crippen LogP contribution in [0.2, 0.25) is 5.02 Å². The van der Waals surface area contributed by atoms with Gasteiger partial charge in [0.2, 0.25) is 5.91 Å². The first-order valence-electron chi connectivity index (χ1n) is 9.37. The molecule has 0 fully saturated rings. The molecule has 2 aromatic carbocycles. The smallest absolute Gasteiger partial charge is 0.232 e. The van der Waals surface area contributed by atoms with E-state index in [1.165, 1.54) is 0 Å². The van der Waals surface area contributed by atoms with Gasteiger partial charge in [-0.05, 0) is 67.6 Å². The molecule has 1 unspecified atom stereocenters. The van der Waals surface area contributed by atoms with Crippen LogP contribution in [0.4, 0.5) is 5.69 Å². The molecule has 4 heteroatoms. The zero-order valence-corrected chi connectivity index (χ0v) is 16.3. The third-order valence-corrected chi connectivity index (χ3v) is 5.63. The summed E-state index contributed by atoms with van der Waals surface area (Å²) < 4.78 is 0. The van der Waals surface area contributed by atoms with Crippen molar-refractivity contribution in [3.05, 3.63) is 75.4 Å². The van der Waals surface area contributed by atoms with Gasteiger partial charge in [0.1, 0.15) is 0 Å². The van der Waals surface area contributed by atoms with E-state index < -0.39 is 0 Å². The van der Waals surface area contributed by atoms with E-state index >= 15 is 0 Å². The summed E-state index contributed by atoms with van der Waals surface area (Å²) in [6, 6.07) is 13.7. The Balaban J connectivity index is 1.88. The SMILES string of the molecule is Cc1cc(C)cc(N2C(=O)CC(c3cccc(Cl)c3)C3=C2CCCC3=O)c1. The fourth-order valence-corrected chi connectivity index (χ4v) is 4.58. The van der Waals surface area contributed by atoms with Gasteiger partial charge in [-0.15, -0.1) is 0 Å². The van der Waals surface area contributed by atoms with Gasteiger partial charge in [0.15, 0.2) is 5.78 Å². The number of benzene rings is 2. The lowest BCUT2D eigenvalue weighted by Crippen LogP contribution is -2.40. The Kier molecular flexibility index (Phi) is 4.65. The van der Waals surface area contributed by atoms with E-state index in [1.807, 2.05) is 50.2 Å². The van der Waals surface area contributed by atoms with Gasteiger partial charge in [0, 0.05) is 40.7 Å². The van der Waals surface area contributed by atoms with Gasteiger partial charge in [0.05, 0.1) is 0 Å². The average Bonchev–Trinajstić information content (AvgIpc) is 2.60. The van der Waals surface area contributed by atoms with E-state index in [0.29, 0.717) is 11.4 Å². The maximum Gasteiger partial charge on any atom is 0.232 e. The molecule has 3 nitrogen and oxygen atoms in total. The van der Waals surface area contributed by atoms with E-state index in [4.69, 9.17) is 11.6 Å². The largest absolute Gasteiger partial charge is 0.294 e. The summed E-state index contributed by atoms with van der Waals surface area (Å²) in [5.74, 6) is -0.0114. The molecule has 0 N–H and O–H groups in total. The number of carbonyl (C=O) groups is 2. The number of amides is 1. The molecule has 1 atom stereocenters. The second-order valence-corrected chi connectivity index (χ2v) is 7.96. The van der Waals surface area contributed by atoms with Gasteiger partial charge in [-0.2, -0.15) is 0 Å². The Hall–Kier alpha value is -2.39. The number of hydrogen-bond donors (Lipinski definition) is 0. The minimum atomic E-state index is -0.207. The minimum Gasteiger partial charge on any atom is -0.294 e. The molecule has 2 aliphatic rings. The van der Waals surface area contributed by atoms with Crippen molar-refractivity contribution in [2.45, 2.75) is 45.4 Å². The highest BCUT2D eigenvalue weighted by molar-refractivity contribution is 6.30. The van der Waals surface area contributed by atoms with Crippen molar-refractivity contribution in [2.24, 2.45) is 0 Å². The van der Waals surface area contributed by atoms with Crippen molar-refractivity contribution in [1.82, 2.24) is 0 Å². The molecule has 0 radical (unpaired) electrons. The normalized spacial score (nSPS) is 20.1. The molecule has 27 heavy (non-hydrogen) atoms. The zero-order chi connectivity index (χ0) is 19.1. The summed E-state index contributed by atoms with van der Waals surface area (Å²) >= 11 is 6.18. The number of rotatable bonds is 2. The van der Waals surface area contributed by atoms with E-state index in [0.717, 1.165) is 46.5 Å². The van der Waals surface area contributed by atoms with Crippen molar-refractivity contribution in [3.8, 4) is 0 Å². The minimum absolute atomic E-state index is 0.0402. The molecule has 2 aromatic rings. The highest BCUT2D eigenvalue weighted by Gasteiger charge is 2.39. The third-order valence-electron chi connectivity index (χ3n) is 5.39. The van der Waals surface area contributed by atoms with Crippen LogP contribution in [0.5, 0.6) is 0 Å². The molecule has 0 bridgehead atoms. The third kappa shape index (κ3) is 3.32. The Morgan fingerprint density at radius 3 is 2.44 bits per heavy atom. The number of halogens is 1. The molecule has 0 aromatic heterocycles. The summed E-state index contributed by atoms with van der Waals surface area (Å²) in [5.41, 5.74) is 5.70.